The average molecular weight is 359 g/mol. The van der Waals surface area contributed by atoms with E-state index in [1.807, 2.05) is 30.3 Å². The van der Waals surface area contributed by atoms with Crippen LogP contribution in [0.1, 0.15) is 12.8 Å². The number of carbonyl (C=O) groups excluding carboxylic acids is 1. The van der Waals surface area contributed by atoms with Gasteiger partial charge in [-0.15, -0.1) is 0 Å². The number of rotatable bonds is 4. The van der Waals surface area contributed by atoms with Crippen molar-refractivity contribution in [3.05, 3.63) is 60.7 Å². The fourth-order valence-corrected chi connectivity index (χ4v) is 4.35. The number of piperidine rings is 1. The highest BCUT2D eigenvalue weighted by Gasteiger charge is 2.29. The third kappa shape index (κ3) is 4.37. The van der Waals surface area contributed by atoms with Gasteiger partial charge in [-0.2, -0.15) is 4.31 Å². The lowest BCUT2D eigenvalue weighted by atomic mass is 10.1. The molecule has 0 aliphatic carbocycles. The Morgan fingerprint density at radius 2 is 1.48 bits per heavy atom. The summed E-state index contributed by atoms with van der Waals surface area (Å²) in [6, 6.07) is 17.3. The molecule has 1 aliphatic rings. The van der Waals surface area contributed by atoms with Gasteiger partial charge >= 0.3 is 6.03 Å². The van der Waals surface area contributed by atoms with E-state index in [0.29, 0.717) is 30.8 Å². The zero-order chi connectivity index (χ0) is 17.7. The van der Waals surface area contributed by atoms with Gasteiger partial charge in [-0.25, -0.2) is 13.2 Å². The minimum atomic E-state index is -3.46. The number of sulfonamides is 1. The lowest BCUT2D eigenvalue weighted by Gasteiger charge is -2.31. The number of hydrogen-bond acceptors (Lipinski definition) is 3. The highest BCUT2D eigenvalue weighted by atomic mass is 32.2. The zero-order valence-electron chi connectivity index (χ0n) is 13.8. The third-order valence-electron chi connectivity index (χ3n) is 4.20. The van der Waals surface area contributed by atoms with Crippen LogP contribution < -0.4 is 10.6 Å². The maximum absolute atomic E-state index is 12.6. The summed E-state index contributed by atoms with van der Waals surface area (Å²) in [6.07, 6.45) is 1.18. The normalized spacial score (nSPS) is 16.3. The molecular weight excluding hydrogens is 338 g/mol. The fraction of sp³-hybridized carbons (Fsp3) is 0.278. The van der Waals surface area contributed by atoms with Gasteiger partial charge in [0.25, 0.3) is 0 Å². The molecule has 0 bridgehead atoms. The van der Waals surface area contributed by atoms with Gasteiger partial charge in [0, 0.05) is 24.8 Å². The Morgan fingerprint density at radius 1 is 0.920 bits per heavy atom. The minimum Gasteiger partial charge on any atom is -0.335 e. The number of urea groups is 1. The van der Waals surface area contributed by atoms with E-state index in [9.17, 15) is 13.2 Å². The van der Waals surface area contributed by atoms with Crippen molar-refractivity contribution in [3.63, 3.8) is 0 Å². The van der Waals surface area contributed by atoms with E-state index in [-0.39, 0.29) is 12.1 Å². The topological polar surface area (TPSA) is 78.5 Å². The highest BCUT2D eigenvalue weighted by molar-refractivity contribution is 7.89. The summed E-state index contributed by atoms with van der Waals surface area (Å²) in [4.78, 5) is 12.3. The highest BCUT2D eigenvalue weighted by Crippen LogP contribution is 2.20. The molecule has 2 amide bonds. The molecule has 0 spiro atoms. The number of benzene rings is 2. The van der Waals surface area contributed by atoms with Crippen LogP contribution in [0.5, 0.6) is 0 Å². The molecule has 132 valence electrons. The maximum atomic E-state index is 12.6. The van der Waals surface area contributed by atoms with Crippen molar-refractivity contribution in [2.24, 2.45) is 0 Å². The number of anilines is 1. The summed E-state index contributed by atoms with van der Waals surface area (Å²) in [7, 11) is -3.46. The Labute approximate surface area is 147 Å². The van der Waals surface area contributed by atoms with Gasteiger partial charge < -0.3 is 10.6 Å². The Balaban J connectivity index is 1.53. The zero-order valence-corrected chi connectivity index (χ0v) is 14.6. The van der Waals surface area contributed by atoms with Crippen molar-refractivity contribution in [1.29, 1.82) is 0 Å². The van der Waals surface area contributed by atoms with Crippen LogP contribution in [0.3, 0.4) is 0 Å². The van der Waals surface area contributed by atoms with E-state index >= 15 is 0 Å². The molecule has 0 atom stereocenters. The third-order valence-corrected chi connectivity index (χ3v) is 6.11. The van der Waals surface area contributed by atoms with Gasteiger partial charge in [0.15, 0.2) is 0 Å². The van der Waals surface area contributed by atoms with Crippen LogP contribution in [-0.4, -0.2) is 37.9 Å². The quantitative estimate of drug-likeness (QED) is 0.881. The molecule has 1 heterocycles. The van der Waals surface area contributed by atoms with E-state index in [4.69, 9.17) is 0 Å². The Kier molecular flexibility index (Phi) is 5.35. The predicted molar refractivity (Wildman–Crippen MR) is 96.8 cm³/mol. The number of hydrogen-bond donors (Lipinski definition) is 2. The Morgan fingerprint density at radius 3 is 2.08 bits per heavy atom. The van der Waals surface area contributed by atoms with Crippen LogP contribution >= 0.6 is 0 Å². The first-order valence-corrected chi connectivity index (χ1v) is 9.67. The van der Waals surface area contributed by atoms with Crippen molar-refractivity contribution >= 4 is 21.7 Å². The first kappa shape index (κ1) is 17.4. The van der Waals surface area contributed by atoms with Gasteiger partial charge in [0.2, 0.25) is 10.0 Å². The molecule has 0 aromatic heterocycles. The van der Waals surface area contributed by atoms with E-state index in [0.717, 1.165) is 5.69 Å². The summed E-state index contributed by atoms with van der Waals surface area (Å²) >= 11 is 0. The van der Waals surface area contributed by atoms with Crippen molar-refractivity contribution in [2.75, 3.05) is 18.4 Å². The summed E-state index contributed by atoms with van der Waals surface area (Å²) in [5, 5.41) is 5.68. The predicted octanol–water partition coefficient (Wildman–Crippen LogP) is 2.66. The first-order chi connectivity index (χ1) is 12.1. The van der Waals surface area contributed by atoms with E-state index in [1.54, 1.807) is 30.3 Å². The number of para-hydroxylation sites is 1. The van der Waals surface area contributed by atoms with Gasteiger partial charge in [-0.1, -0.05) is 36.4 Å². The van der Waals surface area contributed by atoms with E-state index in [2.05, 4.69) is 10.6 Å². The molecule has 7 heteroatoms. The molecule has 2 N–H and O–H groups in total. The maximum Gasteiger partial charge on any atom is 0.319 e. The standard InChI is InChI=1S/C18H21N3O3S/c22-18(19-15-7-3-1-4-8-15)20-16-11-13-21(14-12-16)25(23,24)17-9-5-2-6-10-17/h1-10,16H,11-14H2,(H2,19,20,22). The Bertz CT molecular complexity index is 802. The molecule has 25 heavy (non-hydrogen) atoms. The van der Waals surface area contributed by atoms with Gasteiger partial charge in [0.05, 0.1) is 4.90 Å². The second-order valence-corrected chi connectivity index (χ2v) is 7.89. The molecule has 6 nitrogen and oxygen atoms in total. The van der Waals surface area contributed by atoms with Crippen LogP contribution in [-0.2, 0) is 10.0 Å². The molecular formula is C18H21N3O3S. The van der Waals surface area contributed by atoms with Gasteiger partial charge in [-0.05, 0) is 37.1 Å². The first-order valence-electron chi connectivity index (χ1n) is 8.23. The van der Waals surface area contributed by atoms with Crippen molar-refractivity contribution in [1.82, 2.24) is 9.62 Å². The number of carbonyl (C=O) groups is 1. The molecule has 0 radical (unpaired) electrons. The molecule has 0 saturated carbocycles. The molecule has 3 rings (SSSR count). The SMILES string of the molecule is O=C(Nc1ccccc1)NC1CCN(S(=O)(=O)c2ccccc2)CC1. The lowest BCUT2D eigenvalue weighted by molar-refractivity contribution is 0.238. The van der Waals surface area contributed by atoms with E-state index in [1.165, 1.54) is 4.31 Å². The molecule has 1 saturated heterocycles. The average Bonchev–Trinajstić information content (AvgIpc) is 2.63. The van der Waals surface area contributed by atoms with Crippen molar-refractivity contribution in [2.45, 2.75) is 23.8 Å². The van der Waals surface area contributed by atoms with Crippen LogP contribution in [0.15, 0.2) is 65.6 Å². The lowest BCUT2D eigenvalue weighted by Crippen LogP contribution is -2.47. The van der Waals surface area contributed by atoms with Crippen molar-refractivity contribution in [3.8, 4) is 0 Å². The number of nitrogens with zero attached hydrogens (tertiary/aromatic N) is 1. The fourth-order valence-electron chi connectivity index (χ4n) is 2.86. The van der Waals surface area contributed by atoms with Crippen LogP contribution in [0.4, 0.5) is 10.5 Å². The van der Waals surface area contributed by atoms with Crippen LogP contribution in [0.2, 0.25) is 0 Å². The largest absolute Gasteiger partial charge is 0.335 e. The molecule has 1 aliphatic heterocycles. The monoisotopic (exact) mass is 359 g/mol. The second kappa shape index (κ2) is 7.67. The molecule has 2 aromatic carbocycles. The summed E-state index contributed by atoms with van der Waals surface area (Å²) in [5.74, 6) is 0. The van der Waals surface area contributed by atoms with E-state index < -0.39 is 10.0 Å². The summed E-state index contributed by atoms with van der Waals surface area (Å²) in [5.41, 5.74) is 0.726. The van der Waals surface area contributed by atoms with Gasteiger partial charge in [0.1, 0.15) is 0 Å². The van der Waals surface area contributed by atoms with Crippen molar-refractivity contribution < 1.29 is 13.2 Å². The van der Waals surface area contributed by atoms with Crippen LogP contribution in [0.25, 0.3) is 0 Å². The minimum absolute atomic E-state index is 0.0362. The summed E-state index contributed by atoms with van der Waals surface area (Å²) < 4.78 is 26.6. The van der Waals surface area contributed by atoms with Gasteiger partial charge in [-0.3, -0.25) is 0 Å². The second-order valence-electron chi connectivity index (χ2n) is 5.96. The molecule has 0 unspecified atom stereocenters. The molecule has 1 fully saturated rings. The Hall–Kier alpha value is -2.38. The number of amides is 2. The van der Waals surface area contributed by atoms with Crippen LogP contribution in [0, 0.1) is 0 Å². The number of nitrogens with one attached hydrogen (secondary N) is 2. The summed E-state index contributed by atoms with van der Waals surface area (Å²) in [6.45, 7) is 0.793. The molecule has 2 aromatic rings. The smallest absolute Gasteiger partial charge is 0.319 e.